The molecule has 20 heavy (non-hydrogen) atoms. The van der Waals surface area contributed by atoms with Gasteiger partial charge in [-0.05, 0) is 45.6 Å². The molecule has 4 heteroatoms. The molecule has 2 heterocycles. The van der Waals surface area contributed by atoms with E-state index in [0.29, 0.717) is 5.92 Å². The van der Waals surface area contributed by atoms with Gasteiger partial charge in [-0.2, -0.15) is 4.98 Å². The summed E-state index contributed by atoms with van der Waals surface area (Å²) in [7, 11) is 0. The maximum Gasteiger partial charge on any atom is 0.246 e. The quantitative estimate of drug-likeness (QED) is 0.891. The Hall–Kier alpha value is -0.900. The van der Waals surface area contributed by atoms with E-state index in [1.54, 1.807) is 0 Å². The second kappa shape index (κ2) is 6.25. The third kappa shape index (κ3) is 3.05. The van der Waals surface area contributed by atoms with Crippen LogP contribution in [0.3, 0.4) is 0 Å². The van der Waals surface area contributed by atoms with Gasteiger partial charge in [0.15, 0.2) is 5.82 Å². The van der Waals surface area contributed by atoms with Crippen LogP contribution >= 0.6 is 0 Å². The Morgan fingerprint density at radius 1 is 1.05 bits per heavy atom. The first-order chi connectivity index (χ1) is 9.78. The third-order valence-corrected chi connectivity index (χ3v) is 5.00. The van der Waals surface area contributed by atoms with Gasteiger partial charge < -0.3 is 9.84 Å². The molecule has 0 amide bonds. The number of nitrogens with one attached hydrogen (secondary N) is 1. The van der Waals surface area contributed by atoms with E-state index in [2.05, 4.69) is 17.4 Å². The van der Waals surface area contributed by atoms with Gasteiger partial charge in [0.1, 0.15) is 0 Å². The first-order valence-corrected chi connectivity index (χ1v) is 8.37. The molecule has 1 aliphatic heterocycles. The minimum absolute atomic E-state index is 0.106. The summed E-state index contributed by atoms with van der Waals surface area (Å²) in [5.74, 6) is 2.27. The molecule has 0 aromatic carbocycles. The van der Waals surface area contributed by atoms with Crippen molar-refractivity contribution in [2.24, 2.45) is 0 Å². The van der Waals surface area contributed by atoms with E-state index < -0.39 is 0 Å². The lowest BCUT2D eigenvalue weighted by molar-refractivity contribution is 0.206. The molecule has 4 nitrogen and oxygen atoms in total. The monoisotopic (exact) mass is 277 g/mol. The van der Waals surface area contributed by atoms with Crippen molar-refractivity contribution in [1.29, 1.82) is 0 Å². The average molecular weight is 277 g/mol. The fraction of sp³-hybridized carbons (Fsp3) is 0.875. The van der Waals surface area contributed by atoms with Gasteiger partial charge in [-0.1, -0.05) is 37.3 Å². The topological polar surface area (TPSA) is 51.0 Å². The van der Waals surface area contributed by atoms with Crippen LogP contribution in [0.1, 0.15) is 88.8 Å². The molecule has 1 saturated carbocycles. The van der Waals surface area contributed by atoms with Crippen LogP contribution in [0.2, 0.25) is 0 Å². The summed E-state index contributed by atoms with van der Waals surface area (Å²) in [5.41, 5.74) is -0.106. The van der Waals surface area contributed by atoms with Crippen molar-refractivity contribution in [3.8, 4) is 0 Å². The number of nitrogens with zero attached hydrogens (tertiary/aromatic N) is 2. The Morgan fingerprint density at radius 3 is 2.50 bits per heavy atom. The Balaban J connectivity index is 1.71. The zero-order valence-electron chi connectivity index (χ0n) is 12.7. The summed E-state index contributed by atoms with van der Waals surface area (Å²) < 4.78 is 5.61. The lowest BCUT2D eigenvalue weighted by Gasteiger charge is -2.31. The molecule has 1 aromatic heterocycles. The van der Waals surface area contributed by atoms with Crippen LogP contribution in [0, 0.1) is 0 Å². The van der Waals surface area contributed by atoms with Crippen molar-refractivity contribution in [2.45, 2.75) is 82.6 Å². The Morgan fingerprint density at radius 2 is 1.80 bits per heavy atom. The van der Waals surface area contributed by atoms with E-state index in [0.717, 1.165) is 24.7 Å². The summed E-state index contributed by atoms with van der Waals surface area (Å²) >= 11 is 0. The maximum atomic E-state index is 5.61. The van der Waals surface area contributed by atoms with Crippen LogP contribution in [-0.2, 0) is 5.54 Å². The average Bonchev–Trinajstić information content (AvgIpc) is 2.89. The van der Waals surface area contributed by atoms with Crippen molar-refractivity contribution in [3.63, 3.8) is 0 Å². The second-order valence-corrected chi connectivity index (χ2v) is 6.72. The number of rotatable bonds is 2. The standard InChI is InChI=1S/C16H27N3O/c1-16(11-7-8-12-17-16)15-18-14(19-20-15)13-9-5-3-2-4-6-10-13/h13,17H,2-12H2,1H3. The molecular weight excluding hydrogens is 250 g/mol. The van der Waals surface area contributed by atoms with E-state index in [9.17, 15) is 0 Å². The Kier molecular flexibility index (Phi) is 4.39. The molecule has 0 radical (unpaired) electrons. The van der Waals surface area contributed by atoms with E-state index >= 15 is 0 Å². The lowest BCUT2D eigenvalue weighted by atomic mass is 9.89. The molecule has 0 spiro atoms. The van der Waals surface area contributed by atoms with Gasteiger partial charge in [-0.15, -0.1) is 0 Å². The summed E-state index contributed by atoms with van der Waals surface area (Å²) in [6.07, 6.45) is 12.8. The number of aromatic nitrogens is 2. The van der Waals surface area contributed by atoms with E-state index in [1.165, 1.54) is 57.8 Å². The predicted molar refractivity (Wildman–Crippen MR) is 78.6 cm³/mol. The highest BCUT2D eigenvalue weighted by Crippen LogP contribution is 2.32. The lowest BCUT2D eigenvalue weighted by Crippen LogP contribution is -2.43. The van der Waals surface area contributed by atoms with Crippen molar-refractivity contribution in [2.75, 3.05) is 6.54 Å². The molecule has 1 unspecified atom stereocenters. The Bertz CT molecular complexity index is 415. The van der Waals surface area contributed by atoms with Gasteiger partial charge in [0.2, 0.25) is 5.89 Å². The van der Waals surface area contributed by atoms with Crippen LogP contribution in [0.4, 0.5) is 0 Å². The molecule has 1 atom stereocenters. The van der Waals surface area contributed by atoms with Crippen LogP contribution in [0.15, 0.2) is 4.52 Å². The maximum absolute atomic E-state index is 5.61. The molecule has 112 valence electrons. The van der Waals surface area contributed by atoms with Crippen LogP contribution in [0.5, 0.6) is 0 Å². The first kappa shape index (κ1) is 14.1. The zero-order valence-corrected chi connectivity index (χ0v) is 12.7. The minimum atomic E-state index is -0.106. The number of hydrogen-bond acceptors (Lipinski definition) is 4. The fourth-order valence-electron chi connectivity index (χ4n) is 3.58. The molecule has 0 bridgehead atoms. The van der Waals surface area contributed by atoms with Crippen molar-refractivity contribution < 1.29 is 4.52 Å². The molecule has 1 aromatic rings. The first-order valence-electron chi connectivity index (χ1n) is 8.37. The highest BCUT2D eigenvalue weighted by molar-refractivity contribution is 5.05. The van der Waals surface area contributed by atoms with Crippen molar-refractivity contribution in [3.05, 3.63) is 11.7 Å². The summed E-state index contributed by atoms with van der Waals surface area (Å²) in [4.78, 5) is 4.76. The van der Waals surface area contributed by atoms with E-state index in [1.807, 2.05) is 0 Å². The predicted octanol–water partition coefficient (Wildman–Crippen LogP) is 3.89. The zero-order chi connectivity index (χ0) is 13.8. The normalized spacial score (nSPS) is 29.9. The molecule has 1 N–H and O–H groups in total. The Labute approximate surface area is 121 Å². The smallest absolute Gasteiger partial charge is 0.246 e. The van der Waals surface area contributed by atoms with Crippen LogP contribution < -0.4 is 5.32 Å². The van der Waals surface area contributed by atoms with Gasteiger partial charge >= 0.3 is 0 Å². The SMILES string of the molecule is CC1(c2nc(C3CCCCCCC3)no2)CCCCN1. The van der Waals surface area contributed by atoms with E-state index in [-0.39, 0.29) is 5.54 Å². The van der Waals surface area contributed by atoms with Crippen molar-refractivity contribution >= 4 is 0 Å². The minimum Gasteiger partial charge on any atom is -0.337 e. The van der Waals surface area contributed by atoms with Gasteiger partial charge in [0.05, 0.1) is 5.54 Å². The molecule has 1 aliphatic carbocycles. The van der Waals surface area contributed by atoms with Crippen LogP contribution in [0.25, 0.3) is 0 Å². The van der Waals surface area contributed by atoms with Gasteiger partial charge in [0, 0.05) is 5.92 Å². The summed E-state index contributed by atoms with van der Waals surface area (Å²) in [6.45, 7) is 3.25. The molecule has 2 aliphatic rings. The highest BCUT2D eigenvalue weighted by Gasteiger charge is 2.34. The largest absolute Gasteiger partial charge is 0.337 e. The van der Waals surface area contributed by atoms with Gasteiger partial charge in [-0.25, -0.2) is 0 Å². The van der Waals surface area contributed by atoms with Crippen LogP contribution in [-0.4, -0.2) is 16.7 Å². The number of hydrogen-bond donors (Lipinski definition) is 1. The highest BCUT2D eigenvalue weighted by atomic mass is 16.5. The number of piperidine rings is 1. The molecule has 3 rings (SSSR count). The summed E-state index contributed by atoms with van der Waals surface area (Å²) in [5, 5.41) is 7.86. The second-order valence-electron chi connectivity index (χ2n) is 6.72. The van der Waals surface area contributed by atoms with Gasteiger partial charge in [-0.3, -0.25) is 0 Å². The fourth-order valence-corrected chi connectivity index (χ4v) is 3.58. The molecule has 1 saturated heterocycles. The molecule has 2 fully saturated rings. The van der Waals surface area contributed by atoms with Crippen molar-refractivity contribution in [1.82, 2.24) is 15.5 Å². The van der Waals surface area contributed by atoms with E-state index in [4.69, 9.17) is 9.51 Å². The third-order valence-electron chi connectivity index (χ3n) is 5.00. The van der Waals surface area contributed by atoms with Gasteiger partial charge in [0.25, 0.3) is 0 Å². The molecular formula is C16H27N3O. The summed E-state index contributed by atoms with van der Waals surface area (Å²) in [6, 6.07) is 0.